The number of aromatic nitrogens is 6. The lowest BCUT2D eigenvalue weighted by Gasteiger charge is -2.27. The van der Waals surface area contributed by atoms with Gasteiger partial charge in [-0.1, -0.05) is 17.2 Å². The highest BCUT2D eigenvalue weighted by molar-refractivity contribution is 6.05. The number of allylic oxidation sites excluding steroid dienone is 1. The van der Waals surface area contributed by atoms with Gasteiger partial charge in [0.05, 0.1) is 5.57 Å². The Labute approximate surface area is 142 Å². The van der Waals surface area contributed by atoms with Gasteiger partial charge in [0.2, 0.25) is 5.95 Å². The van der Waals surface area contributed by atoms with Gasteiger partial charge in [0.25, 0.3) is 5.91 Å². The van der Waals surface area contributed by atoms with Crippen molar-refractivity contribution in [3.05, 3.63) is 65.8 Å². The van der Waals surface area contributed by atoms with Crippen LogP contribution in [0.5, 0.6) is 0 Å². The first kappa shape index (κ1) is 14.9. The summed E-state index contributed by atoms with van der Waals surface area (Å²) in [5, 5.41) is 17.6. The first-order chi connectivity index (χ1) is 12.2. The average Bonchev–Trinajstić information content (AvgIpc) is 3.10. The van der Waals surface area contributed by atoms with Crippen LogP contribution in [0, 0.1) is 0 Å². The molecule has 124 valence electrons. The van der Waals surface area contributed by atoms with E-state index in [0.717, 1.165) is 5.56 Å². The van der Waals surface area contributed by atoms with Gasteiger partial charge in [0.15, 0.2) is 0 Å². The van der Waals surface area contributed by atoms with Crippen molar-refractivity contribution in [1.82, 2.24) is 30.2 Å². The molecule has 3 aromatic heterocycles. The van der Waals surface area contributed by atoms with Gasteiger partial charge in [-0.25, -0.2) is 4.98 Å². The Kier molecular flexibility index (Phi) is 3.65. The molecule has 0 saturated carbocycles. The first-order valence-corrected chi connectivity index (χ1v) is 7.62. The molecular formula is C16H14N8O. The molecule has 4 rings (SSSR count). The van der Waals surface area contributed by atoms with E-state index in [1.165, 1.54) is 0 Å². The Hall–Kier alpha value is -3.62. The fourth-order valence-corrected chi connectivity index (χ4v) is 2.77. The van der Waals surface area contributed by atoms with Crippen LogP contribution in [0.4, 0.5) is 11.8 Å². The predicted molar refractivity (Wildman–Crippen MR) is 89.4 cm³/mol. The number of fused-ring (bicyclic) bond motifs is 1. The monoisotopic (exact) mass is 334 g/mol. The van der Waals surface area contributed by atoms with E-state index in [9.17, 15) is 4.79 Å². The van der Waals surface area contributed by atoms with Crippen LogP contribution >= 0.6 is 0 Å². The standard InChI is InChI=1S/C16H14N8O/c1-10-13(15(25)20-12-6-2-3-8-18-12)14(11-5-4-7-17-9-11)24-16(19-10)21-22-23-24/h2-9,14H,1H3,(H,18,20,25)(H,19,21,23)/t14-/m1/s1. The Morgan fingerprint density at radius 3 is 2.92 bits per heavy atom. The zero-order valence-corrected chi connectivity index (χ0v) is 13.3. The minimum Gasteiger partial charge on any atom is -0.326 e. The van der Waals surface area contributed by atoms with Crippen molar-refractivity contribution in [2.75, 3.05) is 10.6 Å². The maximum atomic E-state index is 12.9. The lowest BCUT2D eigenvalue weighted by Crippen LogP contribution is -2.31. The fourth-order valence-electron chi connectivity index (χ4n) is 2.77. The van der Waals surface area contributed by atoms with Crippen LogP contribution in [0.25, 0.3) is 0 Å². The Morgan fingerprint density at radius 1 is 1.24 bits per heavy atom. The molecule has 0 bridgehead atoms. The SMILES string of the molecule is CC1=C(C(=O)Nc2ccccn2)[C@@H](c2cccnc2)n2nnnc2N1. The number of carbonyl (C=O) groups is 1. The summed E-state index contributed by atoms with van der Waals surface area (Å²) < 4.78 is 1.57. The number of anilines is 2. The van der Waals surface area contributed by atoms with E-state index >= 15 is 0 Å². The third kappa shape index (κ3) is 2.71. The number of pyridine rings is 2. The minimum atomic E-state index is -0.483. The number of carbonyl (C=O) groups excluding carboxylic acids is 1. The van der Waals surface area contributed by atoms with Crippen molar-refractivity contribution < 1.29 is 4.79 Å². The van der Waals surface area contributed by atoms with Gasteiger partial charge in [-0.3, -0.25) is 9.78 Å². The molecule has 9 heteroatoms. The van der Waals surface area contributed by atoms with Gasteiger partial charge >= 0.3 is 0 Å². The summed E-state index contributed by atoms with van der Waals surface area (Å²) >= 11 is 0. The molecule has 0 aromatic carbocycles. The van der Waals surface area contributed by atoms with E-state index in [-0.39, 0.29) is 5.91 Å². The summed E-state index contributed by atoms with van der Waals surface area (Å²) in [6.07, 6.45) is 4.99. The van der Waals surface area contributed by atoms with Gasteiger partial charge in [-0.05, 0) is 41.1 Å². The summed E-state index contributed by atoms with van der Waals surface area (Å²) in [7, 11) is 0. The van der Waals surface area contributed by atoms with Crippen molar-refractivity contribution in [3.8, 4) is 0 Å². The second-order valence-electron chi connectivity index (χ2n) is 5.47. The number of tetrazole rings is 1. The average molecular weight is 334 g/mol. The molecule has 0 saturated heterocycles. The molecular weight excluding hydrogens is 320 g/mol. The van der Waals surface area contributed by atoms with E-state index in [1.807, 2.05) is 19.1 Å². The lowest BCUT2D eigenvalue weighted by molar-refractivity contribution is -0.113. The normalized spacial score (nSPS) is 16.1. The zero-order valence-electron chi connectivity index (χ0n) is 13.3. The number of hydrogen-bond donors (Lipinski definition) is 2. The van der Waals surface area contributed by atoms with Gasteiger partial charge in [0, 0.05) is 24.3 Å². The largest absolute Gasteiger partial charge is 0.326 e. The van der Waals surface area contributed by atoms with Crippen LogP contribution in [0.15, 0.2) is 60.2 Å². The topological polar surface area (TPSA) is 111 Å². The predicted octanol–water partition coefficient (Wildman–Crippen LogP) is 1.39. The van der Waals surface area contributed by atoms with Crippen LogP contribution in [0.1, 0.15) is 18.5 Å². The highest BCUT2D eigenvalue weighted by Crippen LogP contribution is 2.34. The number of rotatable bonds is 3. The summed E-state index contributed by atoms with van der Waals surface area (Å²) in [6, 6.07) is 8.53. The Balaban J connectivity index is 1.77. The second-order valence-corrected chi connectivity index (χ2v) is 5.47. The third-order valence-electron chi connectivity index (χ3n) is 3.87. The molecule has 0 aliphatic carbocycles. The molecule has 1 aliphatic rings. The molecule has 25 heavy (non-hydrogen) atoms. The van der Waals surface area contributed by atoms with Crippen molar-refractivity contribution in [3.63, 3.8) is 0 Å². The molecule has 1 aliphatic heterocycles. The highest BCUT2D eigenvalue weighted by Gasteiger charge is 2.34. The number of amides is 1. The van der Waals surface area contributed by atoms with Crippen molar-refractivity contribution in [1.29, 1.82) is 0 Å². The maximum Gasteiger partial charge on any atom is 0.257 e. The Morgan fingerprint density at radius 2 is 2.16 bits per heavy atom. The number of hydrogen-bond acceptors (Lipinski definition) is 7. The van der Waals surface area contributed by atoms with Crippen molar-refractivity contribution in [2.45, 2.75) is 13.0 Å². The van der Waals surface area contributed by atoms with Gasteiger partial charge in [-0.2, -0.15) is 4.68 Å². The van der Waals surface area contributed by atoms with Crippen LogP contribution in [-0.2, 0) is 4.79 Å². The lowest BCUT2D eigenvalue weighted by atomic mass is 9.96. The number of nitrogens with zero attached hydrogens (tertiary/aromatic N) is 6. The molecule has 1 atom stereocenters. The van der Waals surface area contributed by atoms with Crippen LogP contribution in [-0.4, -0.2) is 36.1 Å². The fraction of sp³-hybridized carbons (Fsp3) is 0.125. The minimum absolute atomic E-state index is 0.279. The zero-order chi connectivity index (χ0) is 17.2. The smallest absolute Gasteiger partial charge is 0.257 e. The molecule has 0 unspecified atom stereocenters. The summed E-state index contributed by atoms with van der Waals surface area (Å²) in [6.45, 7) is 1.81. The van der Waals surface area contributed by atoms with E-state index in [2.05, 4.69) is 36.1 Å². The third-order valence-corrected chi connectivity index (χ3v) is 3.87. The van der Waals surface area contributed by atoms with Gasteiger partial charge in [-0.15, -0.1) is 0 Å². The van der Waals surface area contributed by atoms with E-state index in [4.69, 9.17) is 0 Å². The quantitative estimate of drug-likeness (QED) is 0.744. The molecule has 3 aromatic rings. The molecule has 0 spiro atoms. The molecule has 0 radical (unpaired) electrons. The first-order valence-electron chi connectivity index (χ1n) is 7.62. The van der Waals surface area contributed by atoms with E-state index < -0.39 is 6.04 Å². The van der Waals surface area contributed by atoms with Gasteiger partial charge < -0.3 is 10.6 Å². The van der Waals surface area contributed by atoms with E-state index in [1.54, 1.807) is 41.5 Å². The van der Waals surface area contributed by atoms with Crippen LogP contribution in [0.2, 0.25) is 0 Å². The molecule has 1 amide bonds. The Bertz CT molecular complexity index is 935. The molecule has 9 nitrogen and oxygen atoms in total. The van der Waals surface area contributed by atoms with Crippen LogP contribution in [0.3, 0.4) is 0 Å². The molecule has 0 fully saturated rings. The molecule has 2 N–H and O–H groups in total. The van der Waals surface area contributed by atoms with E-state index in [0.29, 0.717) is 23.0 Å². The number of nitrogens with one attached hydrogen (secondary N) is 2. The second kappa shape index (κ2) is 6.11. The van der Waals surface area contributed by atoms with Crippen LogP contribution < -0.4 is 10.6 Å². The summed E-state index contributed by atoms with van der Waals surface area (Å²) in [4.78, 5) is 21.2. The molecule has 4 heterocycles. The van der Waals surface area contributed by atoms with Gasteiger partial charge in [0.1, 0.15) is 11.9 Å². The maximum absolute atomic E-state index is 12.9. The summed E-state index contributed by atoms with van der Waals surface area (Å²) in [5.41, 5.74) is 1.98. The summed E-state index contributed by atoms with van der Waals surface area (Å²) in [5.74, 6) is 0.666. The van der Waals surface area contributed by atoms with Crippen molar-refractivity contribution >= 4 is 17.7 Å². The van der Waals surface area contributed by atoms with Crippen molar-refractivity contribution in [2.24, 2.45) is 0 Å². The highest BCUT2D eigenvalue weighted by atomic mass is 16.1.